The third kappa shape index (κ3) is 4.23. The SMILES string of the molecule is Cc1cc(Nc2nc(Nc3ccc(F)c(S(C)(=O)=O)c3)ncc2F)cc2[nH]c(=O)oc12. The molecule has 0 fully saturated rings. The molecule has 4 aromatic rings. The number of benzene rings is 2. The summed E-state index contributed by atoms with van der Waals surface area (Å²) in [7, 11) is -3.79. The summed E-state index contributed by atoms with van der Waals surface area (Å²) in [6.45, 7) is 1.72. The summed E-state index contributed by atoms with van der Waals surface area (Å²) in [4.78, 5) is 21.3. The van der Waals surface area contributed by atoms with Crippen LogP contribution in [0.25, 0.3) is 11.1 Å². The van der Waals surface area contributed by atoms with E-state index in [4.69, 9.17) is 4.42 Å². The number of H-pyrrole nitrogens is 1. The van der Waals surface area contributed by atoms with E-state index in [2.05, 4.69) is 25.6 Å². The number of halogens is 2. The Hall–Kier alpha value is -3.80. The van der Waals surface area contributed by atoms with E-state index >= 15 is 0 Å². The van der Waals surface area contributed by atoms with E-state index in [1.807, 2.05) is 0 Å². The summed E-state index contributed by atoms with van der Waals surface area (Å²) >= 11 is 0. The summed E-state index contributed by atoms with van der Waals surface area (Å²) in [6, 6.07) is 6.59. The summed E-state index contributed by atoms with van der Waals surface area (Å²) in [5, 5.41) is 5.52. The Morgan fingerprint density at radius 3 is 2.58 bits per heavy atom. The van der Waals surface area contributed by atoms with Crippen LogP contribution in [0.5, 0.6) is 0 Å². The molecule has 0 bridgehead atoms. The standard InChI is InChI=1S/C19H15F2N5O4S/c1-9-5-11(6-14-16(9)30-19(27)25-14)23-17-13(21)8-22-18(26-17)24-10-3-4-12(20)15(7-10)31(2,28)29/h3-8H,1-2H3,(H,25,27)(H2,22,23,24,26). The van der Waals surface area contributed by atoms with Crippen LogP contribution in [-0.2, 0) is 9.84 Å². The molecule has 0 unspecified atom stereocenters. The Bertz CT molecular complexity index is 1480. The fourth-order valence-electron chi connectivity index (χ4n) is 2.95. The molecule has 2 aromatic carbocycles. The second-order valence-electron chi connectivity index (χ2n) is 6.74. The fourth-order valence-corrected chi connectivity index (χ4v) is 3.71. The average molecular weight is 447 g/mol. The van der Waals surface area contributed by atoms with Crippen molar-refractivity contribution in [1.82, 2.24) is 15.0 Å². The Morgan fingerprint density at radius 1 is 1.06 bits per heavy atom. The number of hydrogen-bond acceptors (Lipinski definition) is 8. The lowest BCUT2D eigenvalue weighted by atomic mass is 10.2. The smallest absolute Gasteiger partial charge is 0.408 e. The van der Waals surface area contributed by atoms with E-state index in [1.54, 1.807) is 19.1 Å². The van der Waals surface area contributed by atoms with Crippen molar-refractivity contribution in [2.45, 2.75) is 11.8 Å². The van der Waals surface area contributed by atoms with Crippen LogP contribution >= 0.6 is 0 Å². The molecular weight excluding hydrogens is 432 g/mol. The fraction of sp³-hybridized carbons (Fsp3) is 0.105. The Labute approximate surface area is 174 Å². The lowest BCUT2D eigenvalue weighted by Gasteiger charge is -2.11. The highest BCUT2D eigenvalue weighted by atomic mass is 32.2. The van der Waals surface area contributed by atoms with Crippen molar-refractivity contribution in [2.24, 2.45) is 0 Å². The van der Waals surface area contributed by atoms with Gasteiger partial charge in [-0.2, -0.15) is 4.98 Å². The molecule has 0 spiro atoms. The molecule has 0 aliphatic carbocycles. The maximum absolute atomic E-state index is 14.3. The molecule has 0 aliphatic rings. The molecule has 0 aliphatic heterocycles. The summed E-state index contributed by atoms with van der Waals surface area (Å²) in [6.07, 6.45) is 1.81. The van der Waals surface area contributed by atoms with Crippen LogP contribution in [0, 0.1) is 18.6 Å². The zero-order valence-corrected chi connectivity index (χ0v) is 17.0. The number of hydrogen-bond donors (Lipinski definition) is 3. The van der Waals surface area contributed by atoms with E-state index in [9.17, 15) is 22.0 Å². The summed E-state index contributed by atoms with van der Waals surface area (Å²) < 4.78 is 56.5. The second-order valence-corrected chi connectivity index (χ2v) is 8.73. The van der Waals surface area contributed by atoms with E-state index in [-0.39, 0.29) is 17.5 Å². The van der Waals surface area contributed by atoms with Gasteiger partial charge in [-0.1, -0.05) is 0 Å². The molecule has 9 nitrogen and oxygen atoms in total. The van der Waals surface area contributed by atoms with E-state index in [0.29, 0.717) is 22.4 Å². The van der Waals surface area contributed by atoms with Gasteiger partial charge in [0.2, 0.25) is 5.95 Å². The zero-order valence-electron chi connectivity index (χ0n) is 16.2. The lowest BCUT2D eigenvalue weighted by molar-refractivity contribution is 0.553. The first kappa shape index (κ1) is 20.5. The minimum Gasteiger partial charge on any atom is -0.408 e. The molecule has 4 rings (SSSR count). The average Bonchev–Trinajstić information content (AvgIpc) is 3.06. The first-order chi connectivity index (χ1) is 14.6. The van der Waals surface area contributed by atoms with Crippen LogP contribution in [0.15, 0.2) is 50.6 Å². The Morgan fingerprint density at radius 2 is 1.84 bits per heavy atom. The molecule has 0 saturated heterocycles. The highest BCUT2D eigenvalue weighted by Crippen LogP contribution is 2.26. The van der Waals surface area contributed by atoms with Crippen molar-refractivity contribution < 1.29 is 21.6 Å². The third-order valence-electron chi connectivity index (χ3n) is 4.30. The highest BCUT2D eigenvalue weighted by Gasteiger charge is 2.15. The topological polar surface area (TPSA) is 130 Å². The molecule has 12 heteroatoms. The number of oxazole rings is 1. The molecule has 0 atom stereocenters. The van der Waals surface area contributed by atoms with Gasteiger partial charge < -0.3 is 15.1 Å². The highest BCUT2D eigenvalue weighted by molar-refractivity contribution is 7.90. The van der Waals surface area contributed by atoms with Gasteiger partial charge in [-0.15, -0.1) is 0 Å². The van der Waals surface area contributed by atoms with Gasteiger partial charge in [0.25, 0.3) is 0 Å². The molecule has 3 N–H and O–H groups in total. The van der Waals surface area contributed by atoms with Crippen LogP contribution < -0.4 is 16.4 Å². The number of sulfone groups is 1. The number of aromatic nitrogens is 3. The summed E-state index contributed by atoms with van der Waals surface area (Å²) in [5.74, 6) is -2.47. The number of rotatable bonds is 5. The van der Waals surface area contributed by atoms with Crippen LogP contribution in [0.1, 0.15) is 5.56 Å². The largest absolute Gasteiger partial charge is 0.417 e. The molecule has 2 heterocycles. The van der Waals surface area contributed by atoms with Crippen LogP contribution in [0.2, 0.25) is 0 Å². The molecule has 160 valence electrons. The predicted molar refractivity (Wildman–Crippen MR) is 110 cm³/mol. The van der Waals surface area contributed by atoms with Gasteiger partial charge in [-0.05, 0) is 42.8 Å². The van der Waals surface area contributed by atoms with Gasteiger partial charge in [0.15, 0.2) is 27.1 Å². The maximum Gasteiger partial charge on any atom is 0.417 e. The normalized spacial score (nSPS) is 11.6. The van der Waals surface area contributed by atoms with Crippen molar-refractivity contribution in [3.63, 3.8) is 0 Å². The first-order valence-corrected chi connectivity index (χ1v) is 10.7. The van der Waals surface area contributed by atoms with E-state index < -0.39 is 32.1 Å². The number of nitrogens with one attached hydrogen (secondary N) is 3. The van der Waals surface area contributed by atoms with E-state index in [0.717, 1.165) is 24.6 Å². The van der Waals surface area contributed by atoms with Gasteiger partial charge in [0.1, 0.15) is 10.7 Å². The van der Waals surface area contributed by atoms with Gasteiger partial charge in [-0.3, -0.25) is 4.98 Å². The van der Waals surface area contributed by atoms with Crippen molar-refractivity contribution in [3.8, 4) is 0 Å². The Kier molecular flexibility index (Phi) is 4.93. The predicted octanol–water partition coefficient (Wildman–Crippen LogP) is 3.39. The maximum atomic E-state index is 14.3. The number of anilines is 4. The number of nitrogens with zero attached hydrogens (tertiary/aromatic N) is 2. The molecular formula is C19H15F2N5O4S. The van der Waals surface area contributed by atoms with Crippen molar-refractivity contribution in [2.75, 3.05) is 16.9 Å². The molecule has 0 amide bonds. The first-order valence-electron chi connectivity index (χ1n) is 8.80. The van der Waals surface area contributed by atoms with Crippen LogP contribution in [0.4, 0.5) is 31.9 Å². The van der Waals surface area contributed by atoms with E-state index in [1.165, 1.54) is 6.07 Å². The zero-order chi connectivity index (χ0) is 22.3. The monoisotopic (exact) mass is 447 g/mol. The lowest BCUT2D eigenvalue weighted by Crippen LogP contribution is -2.05. The van der Waals surface area contributed by atoms with Gasteiger partial charge in [0.05, 0.1) is 11.7 Å². The Balaban J connectivity index is 1.65. The van der Waals surface area contributed by atoms with Crippen molar-refractivity contribution in [3.05, 3.63) is 64.3 Å². The van der Waals surface area contributed by atoms with Crippen molar-refractivity contribution in [1.29, 1.82) is 0 Å². The van der Waals surface area contributed by atoms with Crippen LogP contribution in [0.3, 0.4) is 0 Å². The number of fused-ring (bicyclic) bond motifs is 1. The third-order valence-corrected chi connectivity index (χ3v) is 5.41. The minimum atomic E-state index is -3.79. The second kappa shape index (κ2) is 7.47. The molecule has 0 radical (unpaired) electrons. The molecule has 31 heavy (non-hydrogen) atoms. The number of aromatic amines is 1. The van der Waals surface area contributed by atoms with Gasteiger partial charge in [-0.25, -0.2) is 27.0 Å². The van der Waals surface area contributed by atoms with Gasteiger partial charge >= 0.3 is 5.76 Å². The molecule has 2 aromatic heterocycles. The molecule has 0 saturated carbocycles. The minimum absolute atomic E-state index is 0.0514. The number of aryl methyl sites for hydroxylation is 1. The van der Waals surface area contributed by atoms with Crippen molar-refractivity contribution >= 4 is 44.1 Å². The van der Waals surface area contributed by atoms with Crippen LogP contribution in [-0.4, -0.2) is 29.6 Å². The summed E-state index contributed by atoms with van der Waals surface area (Å²) in [5.41, 5.74) is 2.10. The quantitative estimate of drug-likeness (QED) is 0.424. The van der Waals surface area contributed by atoms with Gasteiger partial charge in [0, 0.05) is 17.6 Å².